The van der Waals surface area contributed by atoms with E-state index in [2.05, 4.69) is 18.7 Å². The maximum atomic E-state index is 11.1. The Morgan fingerprint density at radius 1 is 1.35 bits per heavy atom. The van der Waals surface area contributed by atoms with Gasteiger partial charge < -0.3 is 15.7 Å². The first-order valence-corrected chi connectivity index (χ1v) is 5.93. The highest BCUT2D eigenvalue weighted by Gasteiger charge is 2.11. The molecule has 4 nitrogen and oxygen atoms in total. The second-order valence-corrected chi connectivity index (χ2v) is 3.95. The number of hydrogen-bond donors (Lipinski definition) is 2. The number of aromatic hydroxyl groups is 1. The molecule has 0 heterocycles. The molecule has 3 N–H and O–H groups in total. The minimum Gasteiger partial charge on any atom is -0.507 e. The fourth-order valence-electron chi connectivity index (χ4n) is 1.81. The van der Waals surface area contributed by atoms with E-state index in [1.54, 1.807) is 12.1 Å². The lowest BCUT2D eigenvalue weighted by molar-refractivity contribution is 0.0997. The maximum Gasteiger partial charge on any atom is 0.252 e. The Labute approximate surface area is 102 Å². The third kappa shape index (κ3) is 3.46. The van der Waals surface area contributed by atoms with Crippen molar-refractivity contribution in [2.45, 2.75) is 20.3 Å². The molecule has 1 amide bonds. The predicted octanol–water partition coefficient (Wildman–Crippen LogP) is 1.38. The Balaban J connectivity index is 2.78. The number of benzene rings is 1. The number of hydrogen-bond acceptors (Lipinski definition) is 3. The summed E-state index contributed by atoms with van der Waals surface area (Å²) < 4.78 is 0. The molecule has 0 radical (unpaired) electrons. The summed E-state index contributed by atoms with van der Waals surface area (Å²) in [5.74, 6) is -0.570. The van der Waals surface area contributed by atoms with E-state index in [0.29, 0.717) is 6.42 Å². The Morgan fingerprint density at radius 3 is 2.53 bits per heavy atom. The van der Waals surface area contributed by atoms with Gasteiger partial charge in [0.15, 0.2) is 0 Å². The number of nitrogens with two attached hydrogens (primary N) is 1. The fraction of sp³-hybridized carbons (Fsp3) is 0.462. The van der Waals surface area contributed by atoms with Crippen LogP contribution in [0, 0.1) is 0 Å². The zero-order valence-corrected chi connectivity index (χ0v) is 10.4. The molecular formula is C13H20N2O2. The van der Waals surface area contributed by atoms with Crippen LogP contribution in [0.2, 0.25) is 0 Å². The number of carbonyl (C=O) groups excluding carboxylic acids is 1. The molecule has 17 heavy (non-hydrogen) atoms. The van der Waals surface area contributed by atoms with Gasteiger partial charge in [-0.3, -0.25) is 4.79 Å². The minimum atomic E-state index is -0.591. The van der Waals surface area contributed by atoms with Crippen molar-refractivity contribution in [1.29, 1.82) is 0 Å². The Kier molecular flexibility index (Phi) is 4.97. The summed E-state index contributed by atoms with van der Waals surface area (Å²) in [6.45, 7) is 7.02. The normalized spacial score (nSPS) is 10.8. The van der Waals surface area contributed by atoms with Gasteiger partial charge in [0.25, 0.3) is 5.91 Å². The van der Waals surface area contributed by atoms with Crippen LogP contribution in [0.15, 0.2) is 18.2 Å². The van der Waals surface area contributed by atoms with Crippen LogP contribution in [0.4, 0.5) is 0 Å². The van der Waals surface area contributed by atoms with Crippen LogP contribution >= 0.6 is 0 Å². The van der Waals surface area contributed by atoms with Crippen molar-refractivity contribution in [1.82, 2.24) is 4.90 Å². The largest absolute Gasteiger partial charge is 0.507 e. The highest BCUT2D eigenvalue weighted by molar-refractivity contribution is 5.95. The van der Waals surface area contributed by atoms with Gasteiger partial charge in [-0.2, -0.15) is 0 Å². The number of phenols is 1. The summed E-state index contributed by atoms with van der Waals surface area (Å²) in [5, 5.41) is 9.90. The van der Waals surface area contributed by atoms with Gasteiger partial charge in [0.1, 0.15) is 5.75 Å². The van der Waals surface area contributed by atoms with Gasteiger partial charge in [-0.15, -0.1) is 0 Å². The van der Waals surface area contributed by atoms with Crippen LogP contribution in [-0.2, 0) is 6.42 Å². The van der Waals surface area contributed by atoms with Crippen LogP contribution in [0.1, 0.15) is 29.8 Å². The lowest BCUT2D eigenvalue weighted by Gasteiger charge is -2.18. The number of rotatable bonds is 6. The molecule has 1 rings (SSSR count). The molecule has 0 spiro atoms. The van der Waals surface area contributed by atoms with E-state index in [9.17, 15) is 9.90 Å². The molecular weight excluding hydrogens is 216 g/mol. The number of amides is 1. The number of carbonyl (C=O) groups is 1. The van der Waals surface area contributed by atoms with Gasteiger partial charge in [0, 0.05) is 6.54 Å². The summed E-state index contributed by atoms with van der Waals surface area (Å²) in [5.41, 5.74) is 6.15. The molecule has 0 aliphatic rings. The fourth-order valence-corrected chi connectivity index (χ4v) is 1.81. The van der Waals surface area contributed by atoms with Crippen molar-refractivity contribution >= 4 is 5.91 Å². The minimum absolute atomic E-state index is 0.0205. The second-order valence-electron chi connectivity index (χ2n) is 3.95. The smallest absolute Gasteiger partial charge is 0.252 e. The molecule has 1 aromatic rings. The third-order valence-corrected chi connectivity index (χ3v) is 2.98. The quantitative estimate of drug-likeness (QED) is 0.784. The molecule has 0 aromatic heterocycles. The zero-order valence-electron chi connectivity index (χ0n) is 10.4. The highest BCUT2D eigenvalue weighted by Crippen LogP contribution is 2.22. The second kappa shape index (κ2) is 6.25. The number of primary amides is 1. The van der Waals surface area contributed by atoms with Gasteiger partial charge >= 0.3 is 0 Å². The van der Waals surface area contributed by atoms with Gasteiger partial charge in [0.2, 0.25) is 0 Å². The van der Waals surface area contributed by atoms with Crippen molar-refractivity contribution < 1.29 is 9.90 Å². The van der Waals surface area contributed by atoms with E-state index in [-0.39, 0.29) is 11.3 Å². The highest BCUT2D eigenvalue weighted by atomic mass is 16.3. The van der Waals surface area contributed by atoms with Crippen molar-refractivity contribution in [3.63, 3.8) is 0 Å². The van der Waals surface area contributed by atoms with Crippen LogP contribution in [0.3, 0.4) is 0 Å². The molecule has 0 bridgehead atoms. The molecule has 1 aromatic carbocycles. The summed E-state index contributed by atoms with van der Waals surface area (Å²) >= 11 is 0. The standard InChI is InChI=1S/C13H20N2O2/c1-3-15(4-2)9-8-10-6-5-7-11(12(10)16)13(14)17/h5-7,16H,3-4,8-9H2,1-2H3,(H2,14,17). The summed E-state index contributed by atoms with van der Waals surface area (Å²) in [6.07, 6.45) is 0.717. The van der Waals surface area contributed by atoms with E-state index in [1.807, 2.05) is 6.07 Å². The monoisotopic (exact) mass is 236 g/mol. The molecule has 0 fully saturated rings. The van der Waals surface area contributed by atoms with E-state index >= 15 is 0 Å². The van der Waals surface area contributed by atoms with Gasteiger partial charge in [-0.05, 0) is 31.1 Å². The summed E-state index contributed by atoms with van der Waals surface area (Å²) in [6, 6.07) is 5.11. The summed E-state index contributed by atoms with van der Waals surface area (Å²) in [7, 11) is 0. The molecule has 0 atom stereocenters. The first-order chi connectivity index (χ1) is 8.10. The Hall–Kier alpha value is -1.55. The maximum absolute atomic E-state index is 11.1. The van der Waals surface area contributed by atoms with Crippen molar-refractivity contribution in [2.24, 2.45) is 5.73 Å². The topological polar surface area (TPSA) is 66.6 Å². The van der Waals surface area contributed by atoms with Crippen molar-refractivity contribution in [2.75, 3.05) is 19.6 Å². The molecule has 0 unspecified atom stereocenters. The van der Waals surface area contributed by atoms with E-state index in [0.717, 1.165) is 25.2 Å². The predicted molar refractivity (Wildman–Crippen MR) is 68.1 cm³/mol. The van der Waals surface area contributed by atoms with Crippen LogP contribution in [0.25, 0.3) is 0 Å². The number of nitrogens with zero attached hydrogens (tertiary/aromatic N) is 1. The van der Waals surface area contributed by atoms with Gasteiger partial charge in [-0.25, -0.2) is 0 Å². The van der Waals surface area contributed by atoms with E-state index < -0.39 is 5.91 Å². The van der Waals surface area contributed by atoms with Crippen LogP contribution in [0.5, 0.6) is 5.75 Å². The average molecular weight is 236 g/mol. The van der Waals surface area contributed by atoms with E-state index in [1.165, 1.54) is 0 Å². The zero-order chi connectivity index (χ0) is 12.8. The van der Waals surface area contributed by atoms with Gasteiger partial charge in [0.05, 0.1) is 5.56 Å². The molecule has 0 saturated carbocycles. The summed E-state index contributed by atoms with van der Waals surface area (Å²) in [4.78, 5) is 13.3. The SMILES string of the molecule is CCN(CC)CCc1cccc(C(N)=O)c1O. The van der Waals surface area contributed by atoms with Crippen molar-refractivity contribution in [3.8, 4) is 5.75 Å². The average Bonchev–Trinajstić information content (AvgIpc) is 2.32. The number of para-hydroxylation sites is 1. The Morgan fingerprint density at radius 2 is 2.00 bits per heavy atom. The lowest BCUT2D eigenvalue weighted by atomic mass is 10.1. The first kappa shape index (κ1) is 13.5. The van der Waals surface area contributed by atoms with Gasteiger partial charge in [-0.1, -0.05) is 26.0 Å². The van der Waals surface area contributed by atoms with Crippen LogP contribution < -0.4 is 5.73 Å². The number of likely N-dealkylation sites (N-methyl/N-ethyl adjacent to an activating group) is 1. The third-order valence-electron chi connectivity index (χ3n) is 2.98. The molecule has 4 heteroatoms. The lowest BCUT2D eigenvalue weighted by Crippen LogP contribution is -2.25. The van der Waals surface area contributed by atoms with E-state index in [4.69, 9.17) is 5.73 Å². The van der Waals surface area contributed by atoms with Crippen LogP contribution in [-0.4, -0.2) is 35.5 Å². The molecule has 0 saturated heterocycles. The molecule has 0 aliphatic heterocycles. The molecule has 0 aliphatic carbocycles. The Bertz CT molecular complexity index is 387. The first-order valence-electron chi connectivity index (χ1n) is 5.93. The van der Waals surface area contributed by atoms with Crippen molar-refractivity contribution in [3.05, 3.63) is 29.3 Å². The molecule has 94 valence electrons.